The number of hydrogen-bond donors (Lipinski definition) is 2. The largest absolute Gasteiger partial charge is 0.381 e. The third-order valence-electron chi connectivity index (χ3n) is 5.46. The average Bonchev–Trinajstić information content (AvgIpc) is 2.71. The number of ketones is 2. The van der Waals surface area contributed by atoms with Crippen LogP contribution in [0.5, 0.6) is 0 Å². The van der Waals surface area contributed by atoms with E-state index in [0.29, 0.717) is 28.9 Å². The van der Waals surface area contributed by atoms with E-state index in [1.54, 1.807) is 31.2 Å². The van der Waals surface area contributed by atoms with Crippen LogP contribution >= 0.6 is 0 Å². The third kappa shape index (κ3) is 4.64. The molecule has 1 aromatic rings. The summed E-state index contributed by atoms with van der Waals surface area (Å²) in [6, 6.07) is 7.05. The van der Waals surface area contributed by atoms with Crippen LogP contribution in [0.4, 0.5) is 0 Å². The molecule has 0 spiro atoms. The first kappa shape index (κ1) is 19.7. The molecule has 1 aliphatic heterocycles. The molecule has 146 valence electrons. The number of benzene rings is 1. The van der Waals surface area contributed by atoms with E-state index in [4.69, 9.17) is 5.73 Å². The van der Waals surface area contributed by atoms with Crippen LogP contribution in [0.15, 0.2) is 35.5 Å². The van der Waals surface area contributed by atoms with E-state index in [1.165, 1.54) is 0 Å². The molecule has 0 atom stereocenters. The van der Waals surface area contributed by atoms with Crippen LogP contribution in [0, 0.1) is 0 Å². The molecule has 3 N–H and O–H groups in total. The molecule has 1 saturated heterocycles. The summed E-state index contributed by atoms with van der Waals surface area (Å²) in [4.78, 5) is 30.1. The van der Waals surface area contributed by atoms with E-state index in [1.807, 2.05) is 0 Å². The summed E-state index contributed by atoms with van der Waals surface area (Å²) in [7, 11) is 0. The van der Waals surface area contributed by atoms with Crippen LogP contribution in [0.3, 0.4) is 0 Å². The van der Waals surface area contributed by atoms with Crippen LogP contribution in [-0.2, 0) is 0 Å². The fraction of sp³-hybridized carbons (Fsp3) is 0.524. The molecule has 1 aromatic carbocycles. The Labute approximate surface area is 161 Å². The number of allylic oxidation sites excluding steroid dienone is 2. The number of carbonyl (C=O) groups is 2. The number of fused-ring (bicyclic) bond motifs is 1. The van der Waals surface area contributed by atoms with Crippen LogP contribution in [0.25, 0.3) is 0 Å². The predicted octanol–water partition coefficient (Wildman–Crippen LogP) is 1.29. The summed E-state index contributed by atoms with van der Waals surface area (Å²) in [5, 5.41) is 3.23. The fourth-order valence-corrected chi connectivity index (χ4v) is 3.78. The van der Waals surface area contributed by atoms with Crippen LogP contribution in [0.2, 0.25) is 0 Å². The molecule has 0 bridgehead atoms. The van der Waals surface area contributed by atoms with Gasteiger partial charge in [-0.3, -0.25) is 9.59 Å². The summed E-state index contributed by atoms with van der Waals surface area (Å²) in [6.45, 7) is 9.64. The van der Waals surface area contributed by atoms with Crippen molar-refractivity contribution in [1.29, 1.82) is 0 Å². The number of hydrogen-bond acceptors (Lipinski definition) is 6. The van der Waals surface area contributed by atoms with E-state index in [-0.39, 0.29) is 11.6 Å². The molecule has 2 aliphatic rings. The van der Waals surface area contributed by atoms with E-state index < -0.39 is 0 Å². The Morgan fingerprint density at radius 2 is 1.48 bits per heavy atom. The minimum atomic E-state index is -0.0729. The summed E-state index contributed by atoms with van der Waals surface area (Å²) in [5.74, 6) is -0.127. The van der Waals surface area contributed by atoms with Crippen LogP contribution in [0.1, 0.15) is 40.5 Å². The van der Waals surface area contributed by atoms with Crippen molar-refractivity contribution in [2.45, 2.75) is 19.8 Å². The maximum atomic E-state index is 12.7. The van der Waals surface area contributed by atoms with Crippen molar-refractivity contribution in [1.82, 2.24) is 15.1 Å². The molecule has 0 unspecified atom stereocenters. The second kappa shape index (κ2) is 9.26. The van der Waals surface area contributed by atoms with Gasteiger partial charge in [0.05, 0.1) is 5.70 Å². The van der Waals surface area contributed by atoms with Gasteiger partial charge >= 0.3 is 0 Å². The molecule has 3 rings (SSSR count). The minimum Gasteiger partial charge on any atom is -0.381 e. The monoisotopic (exact) mass is 370 g/mol. The molecule has 1 fully saturated rings. The molecular formula is C21H30N4O2. The molecule has 6 heteroatoms. The van der Waals surface area contributed by atoms with Crippen molar-refractivity contribution < 1.29 is 9.59 Å². The van der Waals surface area contributed by atoms with Gasteiger partial charge in [-0.1, -0.05) is 24.3 Å². The molecule has 0 aromatic heterocycles. The van der Waals surface area contributed by atoms with Gasteiger partial charge in [0, 0.05) is 49.4 Å². The number of nitrogens with zero attached hydrogens (tertiary/aromatic N) is 2. The molecule has 6 nitrogen and oxygen atoms in total. The molecule has 0 radical (unpaired) electrons. The Balaban J connectivity index is 1.45. The highest BCUT2D eigenvalue weighted by Gasteiger charge is 2.29. The van der Waals surface area contributed by atoms with Crippen molar-refractivity contribution >= 4 is 11.6 Å². The second-order valence-corrected chi connectivity index (χ2v) is 7.31. The summed E-state index contributed by atoms with van der Waals surface area (Å²) in [5.41, 5.74) is 7.58. The van der Waals surface area contributed by atoms with E-state index in [2.05, 4.69) is 15.1 Å². The Kier molecular flexibility index (Phi) is 6.77. The smallest absolute Gasteiger partial charge is 0.209 e. The molecule has 1 heterocycles. The topological polar surface area (TPSA) is 78.7 Å². The van der Waals surface area contributed by atoms with E-state index in [0.717, 1.165) is 58.7 Å². The minimum absolute atomic E-state index is 0.0544. The number of nitrogens with one attached hydrogen (secondary N) is 1. The lowest BCUT2D eigenvalue weighted by Crippen LogP contribution is -2.47. The van der Waals surface area contributed by atoms with Crippen LogP contribution in [-0.4, -0.2) is 73.7 Å². The Bertz CT molecular complexity index is 721. The molecule has 1 aliphatic carbocycles. The predicted molar refractivity (Wildman–Crippen MR) is 107 cm³/mol. The van der Waals surface area contributed by atoms with Gasteiger partial charge in [0.15, 0.2) is 5.78 Å². The molecule has 0 amide bonds. The second-order valence-electron chi connectivity index (χ2n) is 7.31. The first-order chi connectivity index (χ1) is 13.1. The summed E-state index contributed by atoms with van der Waals surface area (Å²) in [6.07, 6.45) is 2.01. The number of rotatable bonds is 8. The zero-order chi connectivity index (χ0) is 19.2. The highest BCUT2D eigenvalue weighted by molar-refractivity contribution is 6.26. The SMILES string of the molecule is CC1=C(NCCCN2CCN(CCCN)CC2)C(=O)c2ccccc2C1=O. The van der Waals surface area contributed by atoms with Gasteiger partial charge in [-0.2, -0.15) is 0 Å². The highest BCUT2D eigenvalue weighted by Crippen LogP contribution is 2.24. The standard InChI is InChI=1S/C21H30N4O2/c1-16-19(21(27)18-7-3-2-6-17(18)20(16)26)23-9-5-11-25-14-12-24(13-15-25)10-4-8-22/h2-3,6-7,23H,4-5,8-15,22H2,1H3. The lowest BCUT2D eigenvalue weighted by atomic mass is 9.88. The van der Waals surface area contributed by atoms with Crippen molar-refractivity contribution in [2.75, 3.05) is 52.4 Å². The number of Topliss-reactive ketones (excluding diaryl/α,β-unsaturated/α-hetero) is 2. The van der Waals surface area contributed by atoms with Gasteiger partial charge in [-0.15, -0.1) is 0 Å². The first-order valence-electron chi connectivity index (χ1n) is 9.89. The van der Waals surface area contributed by atoms with Gasteiger partial charge in [-0.25, -0.2) is 0 Å². The normalized spacial score (nSPS) is 18.7. The van der Waals surface area contributed by atoms with E-state index in [9.17, 15) is 9.59 Å². The van der Waals surface area contributed by atoms with Crippen LogP contribution < -0.4 is 11.1 Å². The van der Waals surface area contributed by atoms with E-state index >= 15 is 0 Å². The maximum Gasteiger partial charge on any atom is 0.209 e. The average molecular weight is 370 g/mol. The van der Waals surface area contributed by atoms with Gasteiger partial charge in [-0.05, 0) is 39.4 Å². The van der Waals surface area contributed by atoms with Gasteiger partial charge in [0.2, 0.25) is 5.78 Å². The number of carbonyl (C=O) groups excluding carboxylic acids is 2. The third-order valence-corrected chi connectivity index (χ3v) is 5.46. The zero-order valence-corrected chi connectivity index (χ0v) is 16.2. The Morgan fingerprint density at radius 3 is 2.07 bits per heavy atom. The van der Waals surface area contributed by atoms with Crippen molar-refractivity contribution in [3.8, 4) is 0 Å². The van der Waals surface area contributed by atoms with Crippen molar-refractivity contribution in [3.05, 3.63) is 46.7 Å². The van der Waals surface area contributed by atoms with Gasteiger partial charge < -0.3 is 20.9 Å². The number of nitrogens with two attached hydrogens (primary N) is 1. The molecular weight excluding hydrogens is 340 g/mol. The quantitative estimate of drug-likeness (QED) is 0.672. The zero-order valence-electron chi connectivity index (χ0n) is 16.2. The molecule has 27 heavy (non-hydrogen) atoms. The maximum absolute atomic E-state index is 12.7. The first-order valence-corrected chi connectivity index (χ1v) is 9.89. The molecule has 0 saturated carbocycles. The summed E-state index contributed by atoms with van der Waals surface area (Å²) >= 11 is 0. The summed E-state index contributed by atoms with van der Waals surface area (Å²) < 4.78 is 0. The number of piperazine rings is 1. The lowest BCUT2D eigenvalue weighted by Gasteiger charge is -2.34. The van der Waals surface area contributed by atoms with Crippen molar-refractivity contribution in [3.63, 3.8) is 0 Å². The van der Waals surface area contributed by atoms with Gasteiger partial charge in [0.1, 0.15) is 0 Å². The highest BCUT2D eigenvalue weighted by atomic mass is 16.1. The Hall–Kier alpha value is -2.02. The fourth-order valence-electron chi connectivity index (χ4n) is 3.78. The van der Waals surface area contributed by atoms with Gasteiger partial charge in [0.25, 0.3) is 0 Å². The lowest BCUT2D eigenvalue weighted by molar-refractivity contribution is 0.0968. The Morgan fingerprint density at radius 1 is 0.926 bits per heavy atom. The van der Waals surface area contributed by atoms with Crippen molar-refractivity contribution in [2.24, 2.45) is 5.73 Å².